The number of rotatable bonds is 2. The standard InChI is InChI=1S/C13H8N6O3/c20-11-4-9(6-1-2-8-10(3-6)17-18-16-8)15-12-7(13(21)22)5-14-19(11)12/h1-5,14H,(H,21,22)(H,16,17,18). The van der Waals surface area contributed by atoms with E-state index in [9.17, 15) is 9.59 Å². The molecule has 3 aromatic heterocycles. The minimum atomic E-state index is -1.16. The molecule has 3 heterocycles. The molecule has 0 spiro atoms. The predicted molar refractivity (Wildman–Crippen MR) is 75.7 cm³/mol. The Morgan fingerprint density at radius 1 is 1.18 bits per heavy atom. The lowest BCUT2D eigenvalue weighted by atomic mass is 10.1. The Balaban J connectivity index is 1.99. The van der Waals surface area contributed by atoms with Gasteiger partial charge in [-0.15, -0.1) is 0 Å². The van der Waals surface area contributed by atoms with Crippen LogP contribution in [0.25, 0.3) is 27.9 Å². The minimum Gasteiger partial charge on any atom is -0.477 e. The topological polar surface area (TPSA) is 129 Å². The van der Waals surface area contributed by atoms with Crippen molar-refractivity contribution in [1.29, 1.82) is 0 Å². The smallest absolute Gasteiger partial charge is 0.341 e. The lowest BCUT2D eigenvalue weighted by Crippen LogP contribution is -2.15. The number of fused-ring (bicyclic) bond motifs is 2. The number of carbonyl (C=O) groups is 1. The molecule has 9 heteroatoms. The van der Waals surface area contributed by atoms with Gasteiger partial charge in [-0.05, 0) is 12.1 Å². The van der Waals surface area contributed by atoms with Gasteiger partial charge in [0, 0.05) is 17.8 Å². The predicted octanol–water partition coefficient (Wildman–Crippen LogP) is 0.659. The number of nitrogens with zero attached hydrogens (tertiary/aromatic N) is 4. The van der Waals surface area contributed by atoms with Gasteiger partial charge in [0.05, 0.1) is 5.69 Å². The molecule has 0 atom stereocenters. The highest BCUT2D eigenvalue weighted by atomic mass is 16.4. The van der Waals surface area contributed by atoms with Crippen LogP contribution in [0.1, 0.15) is 10.4 Å². The minimum absolute atomic E-state index is 0.0650. The molecule has 0 aliphatic carbocycles. The van der Waals surface area contributed by atoms with Crippen LogP contribution in [0.5, 0.6) is 0 Å². The van der Waals surface area contributed by atoms with Crippen molar-refractivity contribution in [3.8, 4) is 11.3 Å². The third-order valence-electron chi connectivity index (χ3n) is 3.34. The van der Waals surface area contributed by atoms with Crippen molar-refractivity contribution in [3.63, 3.8) is 0 Å². The van der Waals surface area contributed by atoms with Crippen molar-refractivity contribution in [2.45, 2.75) is 0 Å². The van der Waals surface area contributed by atoms with Gasteiger partial charge in [0.2, 0.25) is 0 Å². The van der Waals surface area contributed by atoms with E-state index in [-0.39, 0.29) is 11.2 Å². The van der Waals surface area contributed by atoms with Gasteiger partial charge in [0.25, 0.3) is 5.56 Å². The molecule has 4 aromatic rings. The Labute approximate surface area is 121 Å². The van der Waals surface area contributed by atoms with Crippen LogP contribution in [0.15, 0.2) is 35.3 Å². The fraction of sp³-hybridized carbons (Fsp3) is 0. The molecule has 4 rings (SSSR count). The van der Waals surface area contributed by atoms with Crippen molar-refractivity contribution in [1.82, 2.24) is 30.0 Å². The number of aromatic amines is 2. The first-order valence-corrected chi connectivity index (χ1v) is 6.29. The van der Waals surface area contributed by atoms with Gasteiger partial charge >= 0.3 is 5.97 Å². The number of nitrogens with one attached hydrogen (secondary N) is 2. The van der Waals surface area contributed by atoms with E-state index < -0.39 is 11.5 Å². The number of carboxylic acids is 1. The molecule has 0 aliphatic heterocycles. The van der Waals surface area contributed by atoms with E-state index in [1.165, 1.54) is 12.3 Å². The Morgan fingerprint density at radius 3 is 2.82 bits per heavy atom. The molecule has 1 aromatic carbocycles. The highest BCUT2D eigenvalue weighted by Gasteiger charge is 2.15. The number of benzene rings is 1. The van der Waals surface area contributed by atoms with E-state index in [2.05, 4.69) is 25.5 Å². The van der Waals surface area contributed by atoms with Crippen LogP contribution >= 0.6 is 0 Å². The molecule has 0 saturated carbocycles. The maximum Gasteiger partial charge on any atom is 0.341 e. The first kappa shape index (κ1) is 12.3. The monoisotopic (exact) mass is 296 g/mol. The normalized spacial score (nSPS) is 11.3. The molecule has 0 radical (unpaired) electrons. The number of aromatic nitrogens is 6. The van der Waals surface area contributed by atoms with E-state index >= 15 is 0 Å². The summed E-state index contributed by atoms with van der Waals surface area (Å²) in [5.41, 5.74) is 1.95. The molecule has 0 bridgehead atoms. The molecular formula is C13H8N6O3. The summed E-state index contributed by atoms with van der Waals surface area (Å²) in [7, 11) is 0. The van der Waals surface area contributed by atoms with Crippen LogP contribution in [-0.4, -0.2) is 41.1 Å². The van der Waals surface area contributed by atoms with Crippen molar-refractivity contribution in [2.75, 3.05) is 0 Å². The maximum atomic E-state index is 12.1. The number of hydrogen-bond donors (Lipinski definition) is 3. The van der Waals surface area contributed by atoms with E-state index in [4.69, 9.17) is 5.11 Å². The van der Waals surface area contributed by atoms with E-state index in [0.717, 1.165) is 4.52 Å². The molecule has 0 unspecified atom stereocenters. The van der Waals surface area contributed by atoms with Crippen LogP contribution in [-0.2, 0) is 0 Å². The van der Waals surface area contributed by atoms with Crippen LogP contribution in [0.2, 0.25) is 0 Å². The molecule has 108 valence electrons. The molecule has 0 saturated heterocycles. The lowest BCUT2D eigenvalue weighted by Gasteiger charge is -2.01. The van der Waals surface area contributed by atoms with Gasteiger partial charge in [-0.1, -0.05) is 6.07 Å². The van der Waals surface area contributed by atoms with Crippen molar-refractivity contribution < 1.29 is 9.90 Å². The van der Waals surface area contributed by atoms with E-state index in [1.54, 1.807) is 18.2 Å². The highest BCUT2D eigenvalue weighted by molar-refractivity contribution is 5.94. The molecular weight excluding hydrogens is 288 g/mol. The van der Waals surface area contributed by atoms with Crippen molar-refractivity contribution in [3.05, 3.63) is 46.4 Å². The lowest BCUT2D eigenvalue weighted by molar-refractivity contribution is 0.0699. The fourth-order valence-electron chi connectivity index (χ4n) is 2.29. The van der Waals surface area contributed by atoms with Gasteiger partial charge in [-0.25, -0.2) is 14.3 Å². The molecule has 9 nitrogen and oxygen atoms in total. The molecule has 0 aliphatic rings. The summed E-state index contributed by atoms with van der Waals surface area (Å²) in [4.78, 5) is 27.5. The number of H-pyrrole nitrogens is 2. The largest absolute Gasteiger partial charge is 0.477 e. The zero-order valence-corrected chi connectivity index (χ0v) is 10.9. The molecule has 3 N–H and O–H groups in total. The summed E-state index contributed by atoms with van der Waals surface area (Å²) < 4.78 is 1.08. The second kappa shape index (κ2) is 4.25. The highest BCUT2D eigenvalue weighted by Crippen LogP contribution is 2.20. The summed E-state index contributed by atoms with van der Waals surface area (Å²) in [5.74, 6) is -1.16. The van der Waals surface area contributed by atoms with Crippen molar-refractivity contribution >= 4 is 22.6 Å². The fourth-order valence-corrected chi connectivity index (χ4v) is 2.29. The van der Waals surface area contributed by atoms with Crippen LogP contribution < -0.4 is 5.56 Å². The Morgan fingerprint density at radius 2 is 2.00 bits per heavy atom. The van der Waals surface area contributed by atoms with E-state index in [0.29, 0.717) is 22.3 Å². The molecule has 22 heavy (non-hydrogen) atoms. The second-order valence-electron chi connectivity index (χ2n) is 4.66. The van der Waals surface area contributed by atoms with Gasteiger partial charge in [0.15, 0.2) is 5.65 Å². The SMILES string of the molecule is O=C(O)c1c[nH]n2c(=O)cc(-c3ccc4n[nH]nc4c3)nc12. The van der Waals surface area contributed by atoms with Crippen LogP contribution in [0, 0.1) is 0 Å². The Kier molecular flexibility index (Phi) is 2.37. The Hall–Kier alpha value is -3.49. The first-order chi connectivity index (χ1) is 10.6. The molecule has 0 amide bonds. The summed E-state index contributed by atoms with van der Waals surface area (Å²) in [6, 6.07) is 6.55. The zero-order chi connectivity index (χ0) is 15.3. The Bertz CT molecular complexity index is 1090. The summed E-state index contributed by atoms with van der Waals surface area (Å²) in [6.45, 7) is 0. The average Bonchev–Trinajstić information content (AvgIpc) is 3.12. The van der Waals surface area contributed by atoms with Gasteiger partial charge in [-0.3, -0.25) is 9.89 Å². The molecule has 0 fully saturated rings. The third kappa shape index (κ3) is 1.69. The first-order valence-electron chi connectivity index (χ1n) is 6.29. The van der Waals surface area contributed by atoms with Gasteiger partial charge in [0.1, 0.15) is 16.6 Å². The summed E-state index contributed by atoms with van der Waals surface area (Å²) >= 11 is 0. The third-order valence-corrected chi connectivity index (χ3v) is 3.34. The maximum absolute atomic E-state index is 12.1. The zero-order valence-electron chi connectivity index (χ0n) is 10.9. The average molecular weight is 296 g/mol. The van der Waals surface area contributed by atoms with Crippen LogP contribution in [0.4, 0.5) is 0 Å². The van der Waals surface area contributed by atoms with Gasteiger partial charge in [-0.2, -0.15) is 15.4 Å². The summed E-state index contributed by atoms with van der Waals surface area (Å²) in [6.07, 6.45) is 1.23. The summed E-state index contributed by atoms with van der Waals surface area (Å²) in [5, 5.41) is 22.1. The second-order valence-corrected chi connectivity index (χ2v) is 4.66. The number of carboxylic acid groups (broad SMARTS) is 1. The number of aromatic carboxylic acids is 1. The van der Waals surface area contributed by atoms with E-state index in [1.807, 2.05) is 0 Å². The number of hydrogen-bond acceptors (Lipinski definition) is 5. The van der Waals surface area contributed by atoms with Gasteiger partial charge < -0.3 is 5.11 Å². The quantitative estimate of drug-likeness (QED) is 0.498. The van der Waals surface area contributed by atoms with Crippen LogP contribution in [0.3, 0.4) is 0 Å². The van der Waals surface area contributed by atoms with Crippen molar-refractivity contribution in [2.24, 2.45) is 0 Å².